The van der Waals surface area contributed by atoms with Gasteiger partial charge in [0.1, 0.15) is 5.75 Å². The first kappa shape index (κ1) is 14.3. The number of hydrogen-bond acceptors (Lipinski definition) is 3. The molecule has 0 unspecified atom stereocenters. The van der Waals surface area contributed by atoms with E-state index in [9.17, 15) is 9.59 Å². The van der Waals surface area contributed by atoms with Gasteiger partial charge < -0.3 is 4.74 Å². The van der Waals surface area contributed by atoms with Gasteiger partial charge >= 0.3 is 0 Å². The predicted octanol–water partition coefficient (Wildman–Crippen LogP) is 3.63. The van der Waals surface area contributed by atoms with Crippen LogP contribution in [-0.4, -0.2) is 18.2 Å². The van der Waals surface area contributed by atoms with Crippen molar-refractivity contribution in [3.05, 3.63) is 77.4 Å². The molecular formula is C19H16O3. The molecule has 0 bridgehead atoms. The number of ether oxygens (including phenoxy) is 1. The summed E-state index contributed by atoms with van der Waals surface area (Å²) in [6.07, 6.45) is 4.96. The summed E-state index contributed by atoms with van der Waals surface area (Å²) in [6, 6.07) is 15.1. The van der Waals surface area contributed by atoms with Crippen LogP contribution in [0.2, 0.25) is 0 Å². The highest BCUT2D eigenvalue weighted by Gasteiger charge is 2.17. The Labute approximate surface area is 129 Å². The van der Waals surface area contributed by atoms with Gasteiger partial charge in [0.2, 0.25) is 0 Å². The molecular weight excluding hydrogens is 276 g/mol. The Morgan fingerprint density at radius 3 is 2.00 bits per heavy atom. The molecule has 2 aliphatic rings. The Hall–Kier alpha value is -2.68. The predicted molar refractivity (Wildman–Crippen MR) is 84.5 cm³/mol. The van der Waals surface area contributed by atoms with Crippen molar-refractivity contribution in [2.75, 3.05) is 6.61 Å². The molecule has 2 aromatic carbocycles. The number of para-hydroxylation sites is 1. The van der Waals surface area contributed by atoms with Crippen LogP contribution >= 0.6 is 0 Å². The summed E-state index contributed by atoms with van der Waals surface area (Å²) in [5.74, 6) is 0.893. The van der Waals surface area contributed by atoms with Gasteiger partial charge in [-0.25, -0.2) is 0 Å². The lowest BCUT2D eigenvalue weighted by atomic mass is 9.95. The largest absolute Gasteiger partial charge is 0.493 e. The van der Waals surface area contributed by atoms with Gasteiger partial charge in [0.05, 0.1) is 6.61 Å². The van der Waals surface area contributed by atoms with Crippen LogP contribution in [0.1, 0.15) is 32.7 Å². The van der Waals surface area contributed by atoms with Gasteiger partial charge in [-0.3, -0.25) is 9.59 Å². The van der Waals surface area contributed by atoms with E-state index in [1.165, 1.54) is 24.1 Å². The maximum Gasteiger partial charge on any atom is 0.186 e. The van der Waals surface area contributed by atoms with Crippen LogP contribution < -0.4 is 4.74 Å². The fourth-order valence-corrected chi connectivity index (χ4v) is 2.54. The fourth-order valence-electron chi connectivity index (χ4n) is 2.54. The summed E-state index contributed by atoms with van der Waals surface area (Å²) in [4.78, 5) is 22.4. The number of rotatable bonds is 0. The van der Waals surface area contributed by atoms with Gasteiger partial charge in [0, 0.05) is 11.1 Å². The summed E-state index contributed by atoms with van der Waals surface area (Å²) in [5, 5.41) is 0. The fraction of sp³-hybridized carbons (Fsp3) is 0.158. The van der Waals surface area contributed by atoms with Crippen LogP contribution in [0.3, 0.4) is 0 Å². The molecule has 0 atom stereocenters. The molecule has 1 aliphatic carbocycles. The van der Waals surface area contributed by atoms with E-state index in [1.54, 1.807) is 24.3 Å². The molecule has 110 valence electrons. The maximum absolute atomic E-state index is 11.2. The number of benzene rings is 2. The molecule has 1 heterocycles. The quantitative estimate of drug-likeness (QED) is 0.744. The lowest BCUT2D eigenvalue weighted by molar-refractivity contribution is 0.0994. The second-order valence-corrected chi connectivity index (χ2v) is 5.17. The van der Waals surface area contributed by atoms with Crippen LogP contribution in [0.15, 0.2) is 60.7 Å². The van der Waals surface area contributed by atoms with Crippen molar-refractivity contribution in [3.8, 4) is 5.75 Å². The van der Waals surface area contributed by atoms with Gasteiger partial charge in [0.15, 0.2) is 11.6 Å². The molecule has 0 spiro atoms. The molecule has 3 heteroatoms. The van der Waals surface area contributed by atoms with Gasteiger partial charge in [-0.1, -0.05) is 42.5 Å². The highest BCUT2D eigenvalue weighted by molar-refractivity contribution is 6.21. The summed E-state index contributed by atoms with van der Waals surface area (Å²) < 4.78 is 5.42. The minimum Gasteiger partial charge on any atom is -0.493 e. The molecule has 22 heavy (non-hydrogen) atoms. The standard InChI is InChI=1S/C10H6O2.C9H10O/c11-9-5-6-10(12)8-4-2-1-3-7(8)9;1-2-6-9-8(4-1)5-3-7-10-9/h1-6H;1-2,4,6H,3,5,7H2. The van der Waals surface area contributed by atoms with E-state index in [1.807, 2.05) is 12.1 Å². The molecule has 0 saturated heterocycles. The first-order valence-corrected chi connectivity index (χ1v) is 7.32. The highest BCUT2D eigenvalue weighted by Crippen LogP contribution is 2.23. The van der Waals surface area contributed by atoms with Crippen molar-refractivity contribution in [2.45, 2.75) is 12.8 Å². The molecule has 0 amide bonds. The third kappa shape index (κ3) is 2.98. The van der Waals surface area contributed by atoms with Crippen molar-refractivity contribution >= 4 is 11.6 Å². The average Bonchev–Trinajstić information content (AvgIpc) is 2.59. The SMILES string of the molecule is O=C1C=CC(=O)c2ccccc21.c1ccc2c(c1)CCCO2. The van der Waals surface area contributed by atoms with Gasteiger partial charge in [-0.2, -0.15) is 0 Å². The Morgan fingerprint density at radius 1 is 0.773 bits per heavy atom. The van der Waals surface area contributed by atoms with Gasteiger partial charge in [-0.15, -0.1) is 0 Å². The Balaban J connectivity index is 0.000000133. The Bertz CT molecular complexity index is 682. The van der Waals surface area contributed by atoms with Crippen molar-refractivity contribution in [1.82, 2.24) is 0 Å². The third-order valence-corrected chi connectivity index (χ3v) is 3.66. The van der Waals surface area contributed by atoms with Crippen LogP contribution in [0, 0.1) is 0 Å². The molecule has 1 aliphatic heterocycles. The van der Waals surface area contributed by atoms with Crippen molar-refractivity contribution in [2.24, 2.45) is 0 Å². The number of ketones is 2. The average molecular weight is 292 g/mol. The first-order chi connectivity index (χ1) is 10.8. The maximum atomic E-state index is 11.2. The van der Waals surface area contributed by atoms with Crippen LogP contribution in [0.5, 0.6) is 5.75 Å². The normalized spacial score (nSPS) is 15.1. The number of carbonyl (C=O) groups is 2. The highest BCUT2D eigenvalue weighted by atomic mass is 16.5. The second-order valence-electron chi connectivity index (χ2n) is 5.17. The van der Waals surface area contributed by atoms with E-state index in [0.717, 1.165) is 18.8 Å². The van der Waals surface area contributed by atoms with E-state index >= 15 is 0 Å². The van der Waals surface area contributed by atoms with E-state index in [2.05, 4.69) is 12.1 Å². The smallest absolute Gasteiger partial charge is 0.186 e. The Morgan fingerprint density at radius 2 is 1.36 bits per heavy atom. The number of aryl methyl sites for hydroxylation is 1. The number of carbonyl (C=O) groups excluding carboxylic acids is 2. The van der Waals surface area contributed by atoms with E-state index in [-0.39, 0.29) is 11.6 Å². The lowest BCUT2D eigenvalue weighted by Crippen LogP contribution is -2.10. The van der Waals surface area contributed by atoms with Crippen molar-refractivity contribution in [3.63, 3.8) is 0 Å². The summed E-state index contributed by atoms with van der Waals surface area (Å²) in [7, 11) is 0. The molecule has 0 saturated carbocycles. The molecule has 2 aromatic rings. The zero-order valence-corrected chi connectivity index (χ0v) is 12.1. The second kappa shape index (κ2) is 6.39. The third-order valence-electron chi connectivity index (χ3n) is 3.66. The molecule has 0 fully saturated rings. The summed E-state index contributed by atoms with van der Waals surface area (Å²) in [5.41, 5.74) is 2.36. The molecule has 0 N–H and O–H groups in total. The Kier molecular flexibility index (Phi) is 4.15. The zero-order valence-electron chi connectivity index (χ0n) is 12.1. The number of fused-ring (bicyclic) bond motifs is 2. The van der Waals surface area contributed by atoms with Crippen LogP contribution in [-0.2, 0) is 6.42 Å². The summed E-state index contributed by atoms with van der Waals surface area (Å²) in [6.45, 7) is 0.886. The zero-order chi connectivity index (χ0) is 15.4. The molecule has 0 aromatic heterocycles. The van der Waals surface area contributed by atoms with Crippen molar-refractivity contribution < 1.29 is 14.3 Å². The topological polar surface area (TPSA) is 43.4 Å². The monoisotopic (exact) mass is 292 g/mol. The van der Waals surface area contributed by atoms with Crippen LogP contribution in [0.25, 0.3) is 0 Å². The molecule has 4 rings (SSSR count). The minimum absolute atomic E-state index is 0.0924. The lowest BCUT2D eigenvalue weighted by Gasteiger charge is -2.15. The first-order valence-electron chi connectivity index (χ1n) is 7.32. The number of allylic oxidation sites excluding steroid dienone is 2. The van der Waals surface area contributed by atoms with Gasteiger partial charge in [-0.05, 0) is 36.6 Å². The van der Waals surface area contributed by atoms with Crippen molar-refractivity contribution in [1.29, 1.82) is 0 Å². The minimum atomic E-state index is -0.0924. The van der Waals surface area contributed by atoms with Gasteiger partial charge in [0.25, 0.3) is 0 Å². The van der Waals surface area contributed by atoms with E-state index < -0.39 is 0 Å². The van der Waals surface area contributed by atoms with Crippen LogP contribution in [0.4, 0.5) is 0 Å². The number of hydrogen-bond donors (Lipinski definition) is 0. The summed E-state index contributed by atoms with van der Waals surface area (Å²) >= 11 is 0. The van der Waals surface area contributed by atoms with E-state index in [4.69, 9.17) is 4.74 Å². The molecule has 3 nitrogen and oxygen atoms in total. The van der Waals surface area contributed by atoms with E-state index in [0.29, 0.717) is 11.1 Å². The molecule has 0 radical (unpaired) electrons.